The van der Waals surface area contributed by atoms with Crippen molar-refractivity contribution >= 4 is 29.4 Å². The molecule has 0 aromatic heterocycles. The predicted molar refractivity (Wildman–Crippen MR) is 133 cm³/mol. The zero-order valence-corrected chi connectivity index (χ0v) is 20.5. The summed E-state index contributed by atoms with van der Waals surface area (Å²) in [4.78, 5) is 49.2. The number of hydrogen-bond acceptors (Lipinski definition) is 7. The van der Waals surface area contributed by atoms with Crippen LogP contribution in [0.25, 0.3) is 0 Å². The molecule has 0 bridgehead atoms. The number of carbonyl (C=O) groups is 4. The van der Waals surface area contributed by atoms with Crippen molar-refractivity contribution < 1.29 is 23.9 Å². The number of primary amides is 1. The highest BCUT2D eigenvalue weighted by atomic mass is 16.5. The quantitative estimate of drug-likeness (QED) is 0.151. The van der Waals surface area contributed by atoms with Crippen LogP contribution in [0.2, 0.25) is 0 Å². The highest BCUT2D eigenvalue weighted by Gasteiger charge is 2.28. The van der Waals surface area contributed by atoms with E-state index in [-0.39, 0.29) is 37.8 Å². The second-order valence-electron chi connectivity index (χ2n) is 8.32. The summed E-state index contributed by atoms with van der Waals surface area (Å²) in [5.74, 6) is -1.49. The first-order chi connectivity index (χ1) is 16.7. The molecule has 1 unspecified atom stereocenters. The number of hydrogen-bond donors (Lipinski definition) is 7. The molecule has 0 heterocycles. The lowest BCUT2D eigenvalue weighted by atomic mass is 10.0. The van der Waals surface area contributed by atoms with Crippen LogP contribution in [0.4, 0.5) is 10.5 Å². The van der Waals surface area contributed by atoms with Crippen molar-refractivity contribution in [2.45, 2.75) is 51.7 Å². The largest absolute Gasteiger partial charge is 0.380 e. The molecule has 0 fully saturated rings. The highest BCUT2D eigenvalue weighted by Crippen LogP contribution is 2.11. The molecule has 196 valence electrons. The number of amides is 5. The summed E-state index contributed by atoms with van der Waals surface area (Å²) in [6.07, 6.45) is 0.715. The predicted octanol–water partition coefficient (Wildman–Crippen LogP) is -0.477. The Morgan fingerprint density at radius 3 is 2.23 bits per heavy atom. The van der Waals surface area contributed by atoms with Crippen LogP contribution in [-0.2, 0) is 25.7 Å². The molecular formula is C23H39N7O5. The van der Waals surface area contributed by atoms with Crippen molar-refractivity contribution in [3.05, 3.63) is 29.8 Å². The SMILES string of the molecule is CC(C)C(NC(=O)CCOCCN)C(=O)N[C@@H](CCCNC(N)=O)C(=O)Nc1ccc(CN)cc1. The monoisotopic (exact) mass is 493 g/mol. The van der Waals surface area contributed by atoms with Crippen LogP contribution in [0.1, 0.15) is 38.7 Å². The van der Waals surface area contributed by atoms with Crippen molar-refractivity contribution in [2.24, 2.45) is 23.1 Å². The van der Waals surface area contributed by atoms with Gasteiger partial charge in [0.25, 0.3) is 0 Å². The zero-order chi connectivity index (χ0) is 26.2. The fourth-order valence-electron chi connectivity index (χ4n) is 3.13. The van der Waals surface area contributed by atoms with E-state index in [1.807, 2.05) is 0 Å². The first-order valence-electron chi connectivity index (χ1n) is 11.7. The number of nitrogens with one attached hydrogen (secondary N) is 4. The van der Waals surface area contributed by atoms with Gasteiger partial charge in [0, 0.05) is 31.7 Å². The van der Waals surface area contributed by atoms with Gasteiger partial charge in [0.2, 0.25) is 17.7 Å². The van der Waals surface area contributed by atoms with Crippen molar-refractivity contribution in [1.29, 1.82) is 0 Å². The minimum absolute atomic E-state index is 0.0813. The summed E-state index contributed by atoms with van der Waals surface area (Å²) in [6, 6.07) is 4.60. The van der Waals surface area contributed by atoms with Gasteiger partial charge >= 0.3 is 6.03 Å². The third-order valence-corrected chi connectivity index (χ3v) is 5.06. The minimum atomic E-state index is -0.905. The van der Waals surface area contributed by atoms with Crippen LogP contribution in [0.5, 0.6) is 0 Å². The Balaban J connectivity index is 2.84. The van der Waals surface area contributed by atoms with Gasteiger partial charge in [-0.05, 0) is 36.5 Å². The second-order valence-corrected chi connectivity index (χ2v) is 8.32. The molecule has 1 aromatic rings. The van der Waals surface area contributed by atoms with Crippen molar-refractivity contribution in [3.8, 4) is 0 Å². The van der Waals surface area contributed by atoms with E-state index in [0.717, 1.165) is 5.56 Å². The Labute approximate surface area is 206 Å². The average Bonchev–Trinajstić information content (AvgIpc) is 2.82. The highest BCUT2D eigenvalue weighted by molar-refractivity contribution is 5.98. The molecule has 0 spiro atoms. The lowest BCUT2D eigenvalue weighted by Gasteiger charge is -2.25. The molecule has 10 N–H and O–H groups in total. The first kappa shape index (κ1) is 29.8. The van der Waals surface area contributed by atoms with Gasteiger partial charge in [-0.25, -0.2) is 4.79 Å². The van der Waals surface area contributed by atoms with Gasteiger partial charge in [-0.15, -0.1) is 0 Å². The molecule has 0 saturated carbocycles. The molecule has 0 aliphatic carbocycles. The van der Waals surface area contributed by atoms with Crippen LogP contribution in [-0.4, -0.2) is 62.1 Å². The molecule has 2 atom stereocenters. The van der Waals surface area contributed by atoms with Gasteiger partial charge in [-0.1, -0.05) is 26.0 Å². The Bertz CT molecular complexity index is 817. The third-order valence-electron chi connectivity index (χ3n) is 5.06. The zero-order valence-electron chi connectivity index (χ0n) is 20.5. The summed E-state index contributed by atoms with van der Waals surface area (Å²) in [5.41, 5.74) is 17.5. The lowest BCUT2D eigenvalue weighted by molar-refractivity contribution is -0.132. The fourth-order valence-corrected chi connectivity index (χ4v) is 3.13. The van der Waals surface area contributed by atoms with E-state index in [9.17, 15) is 19.2 Å². The minimum Gasteiger partial charge on any atom is -0.380 e. The Morgan fingerprint density at radius 1 is 0.971 bits per heavy atom. The van der Waals surface area contributed by atoms with Crippen LogP contribution < -0.4 is 38.5 Å². The first-order valence-corrected chi connectivity index (χ1v) is 11.7. The average molecular weight is 494 g/mol. The van der Waals surface area contributed by atoms with E-state index in [1.54, 1.807) is 38.1 Å². The molecule has 0 aliphatic heterocycles. The normalized spacial score (nSPS) is 12.5. The van der Waals surface area contributed by atoms with Crippen LogP contribution >= 0.6 is 0 Å². The Hall–Kier alpha value is -3.22. The second kappa shape index (κ2) is 16.4. The van der Waals surface area contributed by atoms with E-state index in [2.05, 4.69) is 21.3 Å². The van der Waals surface area contributed by atoms with Crippen LogP contribution in [0.15, 0.2) is 24.3 Å². The van der Waals surface area contributed by atoms with E-state index in [0.29, 0.717) is 31.8 Å². The summed E-state index contributed by atoms with van der Waals surface area (Å²) in [7, 11) is 0. The Kier molecular flexibility index (Phi) is 14.0. The lowest BCUT2D eigenvalue weighted by Crippen LogP contribution is -2.54. The van der Waals surface area contributed by atoms with Gasteiger partial charge in [0.15, 0.2) is 0 Å². The van der Waals surface area contributed by atoms with E-state index in [1.165, 1.54) is 0 Å². The van der Waals surface area contributed by atoms with Crippen molar-refractivity contribution in [1.82, 2.24) is 16.0 Å². The number of carbonyl (C=O) groups excluding carboxylic acids is 4. The number of nitrogens with two attached hydrogens (primary N) is 3. The number of ether oxygens (including phenoxy) is 1. The maximum absolute atomic E-state index is 13.0. The van der Waals surface area contributed by atoms with E-state index < -0.39 is 29.9 Å². The fraction of sp³-hybridized carbons (Fsp3) is 0.565. The van der Waals surface area contributed by atoms with Crippen LogP contribution in [0.3, 0.4) is 0 Å². The van der Waals surface area contributed by atoms with Crippen molar-refractivity contribution in [2.75, 3.05) is 31.6 Å². The molecule has 12 nitrogen and oxygen atoms in total. The summed E-state index contributed by atoms with van der Waals surface area (Å²) < 4.78 is 5.21. The molecular weight excluding hydrogens is 454 g/mol. The molecule has 35 heavy (non-hydrogen) atoms. The summed E-state index contributed by atoms with van der Waals surface area (Å²) in [6.45, 7) is 5.09. The van der Waals surface area contributed by atoms with Crippen LogP contribution in [0, 0.1) is 5.92 Å². The molecule has 0 radical (unpaired) electrons. The molecule has 0 saturated heterocycles. The van der Waals surface area contributed by atoms with E-state index >= 15 is 0 Å². The smallest absolute Gasteiger partial charge is 0.312 e. The van der Waals surface area contributed by atoms with Gasteiger partial charge < -0.3 is 43.2 Å². The van der Waals surface area contributed by atoms with Gasteiger partial charge in [0.1, 0.15) is 12.1 Å². The standard InChI is InChI=1S/C23H39N7O5/c1-15(2)20(30-19(31)9-12-35-13-10-24)22(33)29-18(4-3-11-27-23(26)34)21(32)28-17-7-5-16(14-25)6-8-17/h5-8,15,18,20H,3-4,9-14,24-25H2,1-2H3,(H,28,32)(H,29,33)(H,30,31)(H3,26,27,34)/t18-,20?/m0/s1. The van der Waals surface area contributed by atoms with E-state index in [4.69, 9.17) is 21.9 Å². The maximum Gasteiger partial charge on any atom is 0.312 e. The topological polar surface area (TPSA) is 204 Å². The summed E-state index contributed by atoms with van der Waals surface area (Å²) >= 11 is 0. The molecule has 0 aliphatic rings. The number of benzene rings is 1. The van der Waals surface area contributed by atoms with Gasteiger partial charge in [-0.2, -0.15) is 0 Å². The molecule has 12 heteroatoms. The molecule has 1 rings (SSSR count). The third kappa shape index (κ3) is 12.2. The Morgan fingerprint density at radius 2 is 1.66 bits per heavy atom. The van der Waals surface area contributed by atoms with Gasteiger partial charge in [-0.3, -0.25) is 14.4 Å². The number of urea groups is 1. The number of anilines is 1. The molecule has 1 aromatic carbocycles. The summed E-state index contributed by atoms with van der Waals surface area (Å²) in [5, 5.41) is 10.7. The van der Waals surface area contributed by atoms with Crippen molar-refractivity contribution in [3.63, 3.8) is 0 Å². The van der Waals surface area contributed by atoms with Gasteiger partial charge in [0.05, 0.1) is 13.2 Å². The maximum atomic E-state index is 13.0. The molecule has 5 amide bonds. The number of rotatable bonds is 16.